The van der Waals surface area contributed by atoms with E-state index in [1.54, 1.807) is 48.5 Å². The average Bonchev–Trinajstić information content (AvgIpc) is 2.89. The Morgan fingerprint density at radius 3 is 2.46 bits per heavy atom. The normalized spacial score (nSPS) is 17.2. The first-order valence-corrected chi connectivity index (χ1v) is 8.25. The molecule has 24 heavy (non-hydrogen) atoms. The van der Waals surface area contributed by atoms with Gasteiger partial charge in [0.25, 0.3) is 0 Å². The molecule has 0 aliphatic carbocycles. The van der Waals surface area contributed by atoms with Crippen LogP contribution in [0.1, 0.15) is 16.8 Å². The smallest absolute Gasteiger partial charge is 0.338 e. The van der Waals surface area contributed by atoms with E-state index in [1.807, 2.05) is 6.07 Å². The summed E-state index contributed by atoms with van der Waals surface area (Å²) in [5, 5.41) is -0.552. The van der Waals surface area contributed by atoms with Crippen LogP contribution in [0.4, 0.5) is 5.69 Å². The molecule has 0 spiro atoms. The van der Waals surface area contributed by atoms with Gasteiger partial charge in [-0.2, -0.15) is 0 Å². The quantitative estimate of drug-likeness (QED) is 0.632. The number of thioether (sulfide) groups is 1. The zero-order chi connectivity index (χ0) is 17.1. The summed E-state index contributed by atoms with van der Waals surface area (Å²) < 4.78 is 4.77. The molecule has 5 nitrogen and oxygen atoms in total. The van der Waals surface area contributed by atoms with Crippen molar-refractivity contribution < 1.29 is 19.1 Å². The summed E-state index contributed by atoms with van der Waals surface area (Å²) in [5.74, 6) is -0.968. The summed E-state index contributed by atoms with van der Waals surface area (Å²) in [7, 11) is 1.31. The lowest BCUT2D eigenvalue weighted by molar-refractivity contribution is -0.121. The van der Waals surface area contributed by atoms with Crippen LogP contribution in [0.15, 0.2) is 59.5 Å². The third-order valence-electron chi connectivity index (χ3n) is 3.68. The summed E-state index contributed by atoms with van der Waals surface area (Å²) >= 11 is 1.22. The van der Waals surface area contributed by atoms with Crippen LogP contribution in [0.5, 0.6) is 0 Å². The van der Waals surface area contributed by atoms with E-state index in [1.165, 1.54) is 23.8 Å². The number of para-hydroxylation sites is 1. The van der Waals surface area contributed by atoms with E-state index in [0.717, 1.165) is 0 Å². The van der Waals surface area contributed by atoms with Crippen molar-refractivity contribution in [3.63, 3.8) is 0 Å². The van der Waals surface area contributed by atoms with E-state index in [4.69, 9.17) is 4.74 Å². The van der Waals surface area contributed by atoms with Crippen LogP contribution in [-0.2, 0) is 14.3 Å². The SMILES string of the molecule is COC(=O)c1ccccc1S[C@H]1CC(=O)N(c2ccccc2)C1=O. The topological polar surface area (TPSA) is 63.7 Å². The number of nitrogens with zero attached hydrogens (tertiary/aromatic N) is 1. The first-order valence-electron chi connectivity index (χ1n) is 7.37. The zero-order valence-electron chi connectivity index (χ0n) is 13.0. The number of rotatable bonds is 4. The van der Waals surface area contributed by atoms with E-state index in [-0.39, 0.29) is 18.2 Å². The fraction of sp³-hybridized carbons (Fsp3) is 0.167. The maximum absolute atomic E-state index is 12.6. The number of imide groups is 1. The van der Waals surface area contributed by atoms with Crippen LogP contribution in [0.2, 0.25) is 0 Å². The predicted octanol–water partition coefficient (Wildman–Crippen LogP) is 2.90. The third kappa shape index (κ3) is 3.05. The van der Waals surface area contributed by atoms with Gasteiger partial charge in [-0.3, -0.25) is 9.59 Å². The largest absolute Gasteiger partial charge is 0.465 e. The Labute approximate surface area is 143 Å². The molecule has 0 radical (unpaired) electrons. The van der Waals surface area contributed by atoms with Crippen LogP contribution in [-0.4, -0.2) is 30.1 Å². The molecule has 2 aromatic carbocycles. The Bertz CT molecular complexity index is 791. The minimum atomic E-state index is -0.552. The van der Waals surface area contributed by atoms with Gasteiger partial charge in [0.05, 0.1) is 23.6 Å². The van der Waals surface area contributed by atoms with E-state index in [9.17, 15) is 14.4 Å². The van der Waals surface area contributed by atoms with Crippen LogP contribution in [0.3, 0.4) is 0 Å². The minimum absolute atomic E-state index is 0.105. The van der Waals surface area contributed by atoms with Gasteiger partial charge in [0.2, 0.25) is 11.8 Å². The molecule has 0 unspecified atom stereocenters. The Morgan fingerprint density at radius 1 is 1.08 bits per heavy atom. The number of carbonyl (C=O) groups excluding carboxylic acids is 3. The van der Waals surface area contributed by atoms with Gasteiger partial charge in [0.15, 0.2) is 0 Å². The second-order valence-corrected chi connectivity index (χ2v) is 6.45. The molecule has 1 heterocycles. The van der Waals surface area contributed by atoms with Crippen LogP contribution >= 0.6 is 11.8 Å². The van der Waals surface area contributed by atoms with E-state index >= 15 is 0 Å². The third-order valence-corrected chi connectivity index (χ3v) is 4.94. The number of hydrogen-bond acceptors (Lipinski definition) is 5. The summed E-state index contributed by atoms with van der Waals surface area (Å²) in [4.78, 5) is 38.6. The molecule has 6 heteroatoms. The van der Waals surface area contributed by atoms with Crippen molar-refractivity contribution in [2.75, 3.05) is 12.0 Å². The lowest BCUT2D eigenvalue weighted by atomic mass is 10.2. The molecule has 2 aromatic rings. The monoisotopic (exact) mass is 341 g/mol. The first-order chi connectivity index (χ1) is 11.6. The molecule has 0 aromatic heterocycles. The fourth-order valence-corrected chi connectivity index (χ4v) is 3.72. The highest BCUT2D eigenvalue weighted by molar-refractivity contribution is 8.00. The molecule has 3 rings (SSSR count). The lowest BCUT2D eigenvalue weighted by Gasteiger charge is -2.15. The van der Waals surface area contributed by atoms with Crippen LogP contribution in [0, 0.1) is 0 Å². The Balaban J connectivity index is 1.84. The molecule has 2 amide bonds. The Hall–Kier alpha value is -2.60. The highest BCUT2D eigenvalue weighted by Gasteiger charge is 2.40. The van der Waals surface area contributed by atoms with Gasteiger partial charge >= 0.3 is 5.97 Å². The molecule has 1 aliphatic heterocycles. The summed E-state index contributed by atoms with van der Waals surface area (Å²) in [6.07, 6.45) is 0.105. The van der Waals surface area contributed by atoms with E-state index < -0.39 is 11.2 Å². The second-order valence-electron chi connectivity index (χ2n) is 5.20. The molecule has 1 saturated heterocycles. The molecule has 1 atom stereocenters. The number of methoxy groups -OCH3 is 1. The fourth-order valence-electron chi connectivity index (χ4n) is 2.55. The lowest BCUT2D eigenvalue weighted by Crippen LogP contribution is -2.31. The molecule has 1 fully saturated rings. The molecular formula is C18H15NO4S. The van der Waals surface area contributed by atoms with Crippen molar-refractivity contribution in [3.8, 4) is 0 Å². The van der Waals surface area contributed by atoms with Gasteiger partial charge in [-0.15, -0.1) is 11.8 Å². The van der Waals surface area contributed by atoms with Gasteiger partial charge < -0.3 is 4.74 Å². The molecule has 122 valence electrons. The molecule has 0 saturated carbocycles. The maximum atomic E-state index is 12.6. The first kappa shape index (κ1) is 16.3. The number of benzene rings is 2. The number of anilines is 1. The predicted molar refractivity (Wildman–Crippen MR) is 91.0 cm³/mol. The molecule has 0 N–H and O–H groups in total. The minimum Gasteiger partial charge on any atom is -0.465 e. The van der Waals surface area contributed by atoms with Crippen LogP contribution < -0.4 is 4.90 Å². The Morgan fingerprint density at radius 2 is 1.75 bits per heavy atom. The zero-order valence-corrected chi connectivity index (χ0v) is 13.8. The summed E-state index contributed by atoms with van der Waals surface area (Å²) in [5.41, 5.74) is 0.959. The highest BCUT2D eigenvalue weighted by Crippen LogP contribution is 2.35. The van der Waals surface area contributed by atoms with Gasteiger partial charge in [0.1, 0.15) is 0 Å². The van der Waals surface area contributed by atoms with E-state index in [2.05, 4.69) is 0 Å². The van der Waals surface area contributed by atoms with Gasteiger partial charge in [-0.1, -0.05) is 30.3 Å². The van der Waals surface area contributed by atoms with Crippen molar-refractivity contribution in [1.82, 2.24) is 0 Å². The van der Waals surface area contributed by atoms with Crippen molar-refractivity contribution in [2.45, 2.75) is 16.6 Å². The molecular weight excluding hydrogens is 326 g/mol. The van der Waals surface area contributed by atoms with Crippen molar-refractivity contribution in [2.24, 2.45) is 0 Å². The van der Waals surface area contributed by atoms with Crippen molar-refractivity contribution in [3.05, 3.63) is 60.2 Å². The number of carbonyl (C=O) groups is 3. The van der Waals surface area contributed by atoms with E-state index in [0.29, 0.717) is 16.1 Å². The second kappa shape index (κ2) is 6.88. The Kier molecular flexibility index (Phi) is 4.66. The van der Waals surface area contributed by atoms with Crippen LogP contribution in [0.25, 0.3) is 0 Å². The van der Waals surface area contributed by atoms with Crippen molar-refractivity contribution >= 4 is 35.2 Å². The summed E-state index contributed by atoms with van der Waals surface area (Å²) in [6.45, 7) is 0. The average molecular weight is 341 g/mol. The highest BCUT2D eigenvalue weighted by atomic mass is 32.2. The summed E-state index contributed by atoms with van der Waals surface area (Å²) in [6, 6.07) is 15.7. The number of ether oxygens (including phenoxy) is 1. The number of esters is 1. The van der Waals surface area contributed by atoms with Crippen molar-refractivity contribution in [1.29, 1.82) is 0 Å². The number of amides is 2. The standard InChI is InChI=1S/C18H15NO4S/c1-23-18(22)13-9-5-6-10-14(13)24-15-11-16(20)19(17(15)21)12-7-3-2-4-8-12/h2-10,15H,11H2,1H3/t15-/m0/s1. The van der Waals surface area contributed by atoms with Gasteiger partial charge in [0, 0.05) is 11.3 Å². The maximum Gasteiger partial charge on any atom is 0.338 e. The molecule has 1 aliphatic rings. The van der Waals surface area contributed by atoms with Gasteiger partial charge in [-0.05, 0) is 24.3 Å². The number of hydrogen-bond donors (Lipinski definition) is 0. The van der Waals surface area contributed by atoms with Gasteiger partial charge in [-0.25, -0.2) is 9.69 Å². The molecule has 0 bridgehead atoms.